The van der Waals surface area contributed by atoms with Crippen LogP contribution in [0.5, 0.6) is 0 Å². The van der Waals surface area contributed by atoms with Crippen LogP contribution >= 0.6 is 7.82 Å². The maximum Gasteiger partial charge on any atom is 3.00 e. The first-order valence-electron chi connectivity index (χ1n) is 0.730. The number of hydrogen-bond donors (Lipinski definition) is 0. The van der Waals surface area contributed by atoms with Gasteiger partial charge >= 0.3 is 84.8 Å². The Kier molecular flexibility index (Phi) is 68.5. The Labute approximate surface area is 111 Å². The van der Waals surface area contributed by atoms with Gasteiger partial charge in [-0.2, -0.15) is 7.82 Å². The topological polar surface area (TPSA) is 86.2 Å². The third-order valence-electron chi connectivity index (χ3n) is 0. The second-order valence-electron chi connectivity index (χ2n) is 0.447. The summed E-state index contributed by atoms with van der Waals surface area (Å²) >= 11 is 0. The molecular weight excluding hydrogens is 350 g/mol. The van der Waals surface area contributed by atoms with E-state index in [1.165, 1.54) is 0 Å². The van der Waals surface area contributed by atoms with E-state index in [4.69, 9.17) is 19.2 Å². The fourth-order valence-corrected chi connectivity index (χ4v) is 0. The van der Waals surface area contributed by atoms with E-state index in [1.807, 2.05) is 0 Å². The second kappa shape index (κ2) is 17.7. The van der Waals surface area contributed by atoms with Crippen molar-refractivity contribution >= 4 is 25.2 Å². The molecule has 0 saturated carbocycles. The van der Waals surface area contributed by atoms with Crippen LogP contribution < -0.4 is 14.7 Å². The number of hydrogen-bond acceptors (Lipinski definition) is 4. The molecule has 0 unspecified atom stereocenters. The van der Waals surface area contributed by atoms with Crippen LogP contribution in [0.15, 0.2) is 0 Å². The van der Waals surface area contributed by atoms with Crippen LogP contribution in [0.25, 0.3) is 0 Å². The molecule has 0 amide bonds. The van der Waals surface area contributed by atoms with Gasteiger partial charge in [0.15, 0.2) is 0 Å². The average Bonchev–Trinajstić information content (AvgIpc) is 0.722. The molecule has 0 N–H and O–H groups in total. The normalized spacial score (nSPS) is 5.90. The van der Waals surface area contributed by atoms with Gasteiger partial charge in [-0.25, -0.2) is 0 Å². The molecule has 0 rings (SSSR count). The molecule has 0 bridgehead atoms. The first-order chi connectivity index (χ1) is 2.00. The van der Waals surface area contributed by atoms with Crippen molar-refractivity contribution in [1.29, 1.82) is 0 Å². The zero-order chi connectivity index (χ0) is 4.50. The van der Waals surface area contributed by atoms with Gasteiger partial charge < -0.3 is 19.2 Å². The molecule has 4 nitrogen and oxygen atoms in total. The summed E-state index contributed by atoms with van der Waals surface area (Å²) in [6, 6.07) is 0. The van der Waals surface area contributed by atoms with Gasteiger partial charge in [-0.15, -0.1) is 0 Å². The molecule has 10 heteroatoms. The van der Waals surface area contributed by atoms with E-state index in [9.17, 15) is 0 Å². The van der Waals surface area contributed by atoms with Crippen LogP contribution in [0.4, 0.5) is 0 Å². The maximum atomic E-state index is 8.55. The quantitative estimate of drug-likeness (QED) is 0.340. The molecule has 10 heavy (non-hydrogen) atoms. The molecule has 0 saturated heterocycles. The summed E-state index contributed by atoms with van der Waals surface area (Å²) in [4.78, 5) is 25.6. The Hall–Kier alpha value is 2.68. The standard InChI is InChI=1S/Al.Co.Fe.Mn.Ni.H3O4P/c;;;;;1-5(2,3)4/h;;;;;(H3,1,2,3,4)/q+3;4*+2;/p-3. The van der Waals surface area contributed by atoms with Crippen LogP contribution in [-0.4, -0.2) is 17.4 Å². The van der Waals surface area contributed by atoms with Gasteiger partial charge in [0.1, 0.15) is 0 Å². The number of phosphoric acid groups is 1. The summed E-state index contributed by atoms with van der Waals surface area (Å²) in [5.41, 5.74) is 0. The van der Waals surface area contributed by atoms with E-state index in [-0.39, 0.29) is 84.8 Å². The Balaban J connectivity index is -0.00000000800. The van der Waals surface area contributed by atoms with Gasteiger partial charge in [0, 0.05) is 0 Å². The summed E-state index contributed by atoms with van der Waals surface area (Å²) in [5, 5.41) is 0. The van der Waals surface area contributed by atoms with Crippen molar-refractivity contribution in [2.75, 3.05) is 0 Å². The van der Waals surface area contributed by atoms with Gasteiger partial charge in [-0.3, -0.25) is 0 Å². The van der Waals surface area contributed by atoms with Crippen molar-refractivity contribution in [2.45, 2.75) is 0 Å². The molecule has 58 valence electrons. The third-order valence-corrected chi connectivity index (χ3v) is 0. The fourth-order valence-electron chi connectivity index (χ4n) is 0. The van der Waals surface area contributed by atoms with E-state index in [0.29, 0.717) is 0 Å². The minimum atomic E-state index is -5.39. The van der Waals surface area contributed by atoms with Crippen molar-refractivity contribution in [2.24, 2.45) is 0 Å². The van der Waals surface area contributed by atoms with Gasteiger partial charge in [-0.1, -0.05) is 0 Å². The smallest absolute Gasteiger partial charge is 0.822 e. The Morgan fingerprint density at radius 3 is 1.10 bits per heavy atom. The molecule has 0 aliphatic carbocycles. The van der Waals surface area contributed by atoms with Crippen LogP contribution in [0.3, 0.4) is 0 Å². The zero-order valence-electron chi connectivity index (χ0n) is 4.04. The first-order valence-corrected chi connectivity index (χ1v) is 2.19. The molecule has 0 heterocycles. The minimum Gasteiger partial charge on any atom is -0.822 e. The SMILES string of the molecule is O=P([O-])([O-])[O-].[Al+3].[Co+2].[Fe+2].[Mn+2].[Ni+2]. The number of rotatable bonds is 0. The van der Waals surface area contributed by atoms with Crippen molar-refractivity contribution in [3.63, 3.8) is 0 Å². The molecule has 0 aliphatic rings. The predicted octanol–water partition coefficient (Wildman–Crippen LogP) is -3.22. The summed E-state index contributed by atoms with van der Waals surface area (Å²) in [6.07, 6.45) is 0. The van der Waals surface area contributed by atoms with E-state index in [2.05, 4.69) is 0 Å². The van der Waals surface area contributed by atoms with Crippen molar-refractivity contribution in [3.8, 4) is 0 Å². The van der Waals surface area contributed by atoms with E-state index >= 15 is 0 Å². The molecule has 0 aromatic carbocycles. The molecule has 0 fully saturated rings. The molecule has 0 aromatic heterocycles. The van der Waals surface area contributed by atoms with Gasteiger partial charge in [-0.05, 0) is 0 Å². The molecular formula is AlCoFeMnNiO4P+8. The first kappa shape index (κ1) is 38.8. The van der Waals surface area contributed by atoms with Crippen LogP contribution in [-0.2, 0) is 72.0 Å². The van der Waals surface area contributed by atoms with E-state index in [0.717, 1.165) is 0 Å². The van der Waals surface area contributed by atoms with E-state index < -0.39 is 7.82 Å². The average molecular weight is 350 g/mol. The van der Waals surface area contributed by atoms with Crippen molar-refractivity contribution in [3.05, 3.63) is 0 Å². The summed E-state index contributed by atoms with van der Waals surface area (Å²) in [5.74, 6) is 0. The third kappa shape index (κ3) is 139. The van der Waals surface area contributed by atoms with Crippen LogP contribution in [0.2, 0.25) is 0 Å². The van der Waals surface area contributed by atoms with Gasteiger partial charge in [0.2, 0.25) is 0 Å². The molecule has 0 aliphatic heterocycles. The zero-order valence-corrected chi connectivity index (χ0v) is 10.4. The fraction of sp³-hybridized carbons (Fsp3) is 0. The van der Waals surface area contributed by atoms with Crippen molar-refractivity contribution < 1.29 is 86.7 Å². The summed E-state index contributed by atoms with van der Waals surface area (Å²) in [7, 11) is -5.39. The second-order valence-corrected chi connectivity index (χ2v) is 1.34. The molecule has 0 spiro atoms. The monoisotopic (exact) mass is 350 g/mol. The van der Waals surface area contributed by atoms with E-state index in [1.54, 1.807) is 0 Å². The largest absolute Gasteiger partial charge is 3.00 e. The Morgan fingerprint density at radius 1 is 1.10 bits per heavy atom. The summed E-state index contributed by atoms with van der Waals surface area (Å²) < 4.78 is 8.55. The Morgan fingerprint density at radius 2 is 1.10 bits per heavy atom. The Bertz CT molecular complexity index is 71.4. The van der Waals surface area contributed by atoms with Gasteiger partial charge in [0.25, 0.3) is 0 Å². The molecule has 2 radical (unpaired) electrons. The summed E-state index contributed by atoms with van der Waals surface area (Å²) in [6.45, 7) is 0. The van der Waals surface area contributed by atoms with Crippen LogP contribution in [0, 0.1) is 0 Å². The maximum absolute atomic E-state index is 8.55. The molecule has 0 aromatic rings. The molecule has 0 atom stereocenters. The van der Waals surface area contributed by atoms with Crippen LogP contribution in [0.1, 0.15) is 0 Å². The predicted molar refractivity (Wildman–Crippen MR) is 13.4 cm³/mol. The van der Waals surface area contributed by atoms with Gasteiger partial charge in [0.05, 0.1) is 0 Å². The van der Waals surface area contributed by atoms with Crippen molar-refractivity contribution in [1.82, 2.24) is 0 Å². The minimum absolute atomic E-state index is 0.